The molecule has 0 bridgehead atoms. The van der Waals surface area contributed by atoms with Crippen molar-refractivity contribution in [2.75, 3.05) is 32.3 Å². The van der Waals surface area contributed by atoms with Gasteiger partial charge in [-0.3, -0.25) is 9.78 Å². The molecule has 0 atom stereocenters. The van der Waals surface area contributed by atoms with Gasteiger partial charge in [0.1, 0.15) is 5.82 Å². The Morgan fingerprint density at radius 3 is 2.49 bits per heavy atom. The molecule has 0 aliphatic carbocycles. The zero-order valence-electron chi connectivity index (χ0n) is 24.9. The largest absolute Gasteiger partial charge is 0.514 e. The summed E-state index contributed by atoms with van der Waals surface area (Å²) in [6, 6.07) is 12.6. The van der Waals surface area contributed by atoms with Crippen LogP contribution in [0.3, 0.4) is 0 Å². The van der Waals surface area contributed by atoms with Crippen molar-refractivity contribution in [3.63, 3.8) is 0 Å². The van der Waals surface area contributed by atoms with E-state index in [4.69, 9.17) is 30.4 Å². The molecule has 3 aromatic heterocycles. The molecule has 3 heterocycles. The second-order valence-electron chi connectivity index (χ2n) is 9.77. The molecule has 2 aromatic carbocycles. The molecule has 0 spiro atoms. The number of ether oxygens (including phenoxy) is 4. The summed E-state index contributed by atoms with van der Waals surface area (Å²) in [7, 11) is 3.09. The van der Waals surface area contributed by atoms with Gasteiger partial charge in [0, 0.05) is 48.1 Å². The number of methoxy groups -OCH3 is 2. The Morgan fingerprint density at radius 1 is 0.978 bits per heavy atom. The van der Waals surface area contributed by atoms with Crippen LogP contribution in [0.5, 0.6) is 17.2 Å². The number of benzene rings is 2. The van der Waals surface area contributed by atoms with Crippen molar-refractivity contribution in [2.24, 2.45) is 0 Å². The highest BCUT2D eigenvalue weighted by atomic mass is 16.7. The zero-order chi connectivity index (χ0) is 31.9. The standard InChI is InChI=1S/C33H30N6O6/c1-4-44-33(41)45-28-19-39(18-21-9-11-36-12-10-21)26-15-20(6-8-25(26)29(28)40)5-7-23-13-22(16-27(42-2)30(23)43-3)14-24-17-37-32(35)38-31(24)34/h6,8-13,15-17,19H,4,14,18H2,1-3H3,(H4,34,35,37,38). The fourth-order valence-electron chi connectivity index (χ4n) is 4.71. The van der Waals surface area contributed by atoms with Crippen molar-refractivity contribution < 1.29 is 23.7 Å². The van der Waals surface area contributed by atoms with E-state index >= 15 is 0 Å². The zero-order valence-corrected chi connectivity index (χ0v) is 24.9. The average molecular weight is 607 g/mol. The minimum absolute atomic E-state index is 0.0967. The van der Waals surface area contributed by atoms with Crippen LogP contribution in [0.2, 0.25) is 0 Å². The van der Waals surface area contributed by atoms with Gasteiger partial charge in [-0.05, 0) is 60.5 Å². The predicted octanol–water partition coefficient (Wildman–Crippen LogP) is 3.94. The normalized spacial score (nSPS) is 10.6. The van der Waals surface area contributed by atoms with E-state index in [1.54, 1.807) is 50.8 Å². The molecular weight excluding hydrogens is 576 g/mol. The minimum Gasteiger partial charge on any atom is -0.493 e. The number of fused-ring (bicyclic) bond motifs is 1. The maximum atomic E-state index is 13.3. The first-order valence-corrected chi connectivity index (χ1v) is 13.8. The van der Waals surface area contributed by atoms with Gasteiger partial charge >= 0.3 is 6.16 Å². The third-order valence-electron chi connectivity index (χ3n) is 6.80. The molecule has 0 unspecified atom stereocenters. The number of carbonyl (C=O) groups excluding carboxylic acids is 1. The van der Waals surface area contributed by atoms with Gasteiger partial charge in [-0.1, -0.05) is 11.8 Å². The summed E-state index contributed by atoms with van der Waals surface area (Å²) in [5, 5.41) is 0.348. The second-order valence-corrected chi connectivity index (χ2v) is 9.77. The maximum Gasteiger partial charge on any atom is 0.514 e. The Morgan fingerprint density at radius 2 is 1.78 bits per heavy atom. The van der Waals surface area contributed by atoms with Crippen molar-refractivity contribution >= 4 is 28.8 Å². The van der Waals surface area contributed by atoms with E-state index in [2.05, 4.69) is 26.8 Å². The fourth-order valence-corrected chi connectivity index (χ4v) is 4.71. The van der Waals surface area contributed by atoms with Gasteiger partial charge in [-0.2, -0.15) is 4.98 Å². The van der Waals surface area contributed by atoms with E-state index in [0.29, 0.717) is 52.1 Å². The number of anilines is 2. The van der Waals surface area contributed by atoms with Crippen LogP contribution < -0.4 is 31.1 Å². The first-order valence-electron chi connectivity index (χ1n) is 13.8. The highest BCUT2D eigenvalue weighted by Gasteiger charge is 2.16. The van der Waals surface area contributed by atoms with Crippen LogP contribution in [0.4, 0.5) is 16.6 Å². The molecule has 0 amide bonds. The molecule has 45 heavy (non-hydrogen) atoms. The van der Waals surface area contributed by atoms with E-state index in [-0.39, 0.29) is 24.1 Å². The van der Waals surface area contributed by atoms with E-state index in [0.717, 1.165) is 11.1 Å². The Labute approximate surface area is 258 Å². The topological polar surface area (TPSA) is 167 Å². The van der Waals surface area contributed by atoms with Crippen LogP contribution in [0.1, 0.15) is 34.7 Å². The summed E-state index contributed by atoms with van der Waals surface area (Å²) in [6.07, 6.45) is 5.89. The Kier molecular flexibility index (Phi) is 9.09. The summed E-state index contributed by atoms with van der Waals surface area (Å²) >= 11 is 0. The van der Waals surface area contributed by atoms with Gasteiger partial charge < -0.3 is 35.0 Å². The van der Waals surface area contributed by atoms with Crippen molar-refractivity contribution in [1.29, 1.82) is 0 Å². The van der Waals surface area contributed by atoms with E-state index in [9.17, 15) is 9.59 Å². The van der Waals surface area contributed by atoms with E-state index in [1.807, 2.05) is 28.8 Å². The predicted molar refractivity (Wildman–Crippen MR) is 168 cm³/mol. The molecule has 0 aliphatic rings. The third-order valence-corrected chi connectivity index (χ3v) is 6.80. The summed E-state index contributed by atoms with van der Waals surface area (Å²) in [6.45, 7) is 2.14. The number of nitrogen functional groups attached to an aromatic ring is 2. The SMILES string of the molecule is CCOC(=O)Oc1cn(Cc2ccncc2)c2cc(C#Cc3cc(Cc4cnc(N)nc4N)cc(OC)c3OC)ccc2c1=O. The van der Waals surface area contributed by atoms with Crippen LogP contribution in [0, 0.1) is 11.8 Å². The number of nitrogens with zero attached hydrogens (tertiary/aromatic N) is 4. The lowest BCUT2D eigenvalue weighted by atomic mass is 10.0. The number of nitrogens with two attached hydrogens (primary N) is 2. The third kappa shape index (κ3) is 6.94. The number of hydrogen-bond acceptors (Lipinski definition) is 11. The molecule has 12 nitrogen and oxygen atoms in total. The van der Waals surface area contributed by atoms with Gasteiger partial charge in [0.2, 0.25) is 11.4 Å². The summed E-state index contributed by atoms with van der Waals surface area (Å²) in [5.74, 6) is 7.56. The molecule has 0 fully saturated rings. The minimum atomic E-state index is -0.954. The highest BCUT2D eigenvalue weighted by molar-refractivity contribution is 5.82. The number of carbonyl (C=O) groups is 1. The molecule has 0 saturated heterocycles. The second kappa shape index (κ2) is 13.5. The van der Waals surface area contributed by atoms with Gasteiger partial charge in [0.15, 0.2) is 17.2 Å². The quantitative estimate of drug-likeness (QED) is 0.194. The Bertz CT molecular complexity index is 2000. The van der Waals surface area contributed by atoms with Gasteiger partial charge in [0.05, 0.1) is 38.1 Å². The number of rotatable bonds is 8. The summed E-state index contributed by atoms with van der Waals surface area (Å²) in [4.78, 5) is 37.5. The molecule has 0 saturated carbocycles. The van der Waals surface area contributed by atoms with Crippen LogP contribution in [0.15, 0.2) is 72.0 Å². The van der Waals surface area contributed by atoms with Gasteiger partial charge in [-0.15, -0.1) is 0 Å². The van der Waals surface area contributed by atoms with Crippen LogP contribution in [-0.2, 0) is 17.7 Å². The van der Waals surface area contributed by atoms with E-state index < -0.39 is 11.6 Å². The number of hydrogen-bond donors (Lipinski definition) is 2. The van der Waals surface area contributed by atoms with Crippen molar-refractivity contribution in [2.45, 2.75) is 19.9 Å². The van der Waals surface area contributed by atoms with E-state index in [1.165, 1.54) is 13.3 Å². The fraction of sp³-hybridized carbons (Fsp3) is 0.182. The summed E-state index contributed by atoms with van der Waals surface area (Å²) < 4.78 is 23.2. The Balaban J connectivity index is 1.57. The number of aromatic nitrogens is 4. The molecular formula is C33H30N6O6. The lowest BCUT2D eigenvalue weighted by Gasteiger charge is -2.14. The summed E-state index contributed by atoms with van der Waals surface area (Å²) in [5.41, 5.74) is 15.5. The maximum absolute atomic E-state index is 13.3. The monoisotopic (exact) mass is 606 g/mol. The first kappa shape index (κ1) is 30.4. The molecule has 228 valence electrons. The lowest BCUT2D eigenvalue weighted by Crippen LogP contribution is -2.18. The van der Waals surface area contributed by atoms with Gasteiger partial charge in [0.25, 0.3) is 0 Å². The molecule has 4 N–H and O–H groups in total. The number of pyridine rings is 2. The Hall–Kier alpha value is -6.09. The molecule has 12 heteroatoms. The van der Waals surface area contributed by atoms with Crippen LogP contribution in [-0.4, -0.2) is 46.5 Å². The highest BCUT2D eigenvalue weighted by Crippen LogP contribution is 2.33. The first-order chi connectivity index (χ1) is 21.8. The van der Waals surface area contributed by atoms with Gasteiger partial charge in [-0.25, -0.2) is 9.78 Å². The lowest BCUT2D eigenvalue weighted by molar-refractivity contribution is 0.104. The average Bonchev–Trinajstić information content (AvgIpc) is 3.03. The molecule has 5 rings (SSSR count). The van der Waals surface area contributed by atoms with Crippen LogP contribution in [0.25, 0.3) is 10.9 Å². The van der Waals surface area contributed by atoms with Crippen molar-refractivity contribution in [1.82, 2.24) is 19.5 Å². The van der Waals surface area contributed by atoms with Crippen molar-refractivity contribution in [3.05, 3.63) is 105 Å². The molecule has 0 radical (unpaired) electrons. The smallest absolute Gasteiger partial charge is 0.493 e. The van der Waals surface area contributed by atoms with Crippen molar-refractivity contribution in [3.8, 4) is 29.1 Å². The molecule has 5 aromatic rings. The van der Waals surface area contributed by atoms with Crippen LogP contribution >= 0.6 is 0 Å². The molecule has 0 aliphatic heterocycles.